The smallest absolute Gasteiger partial charge is 0.0547 e. The molecule has 1 fully saturated rings. The Balaban J connectivity index is 2.54. The van der Waals surface area contributed by atoms with Crippen molar-refractivity contribution in [3.8, 4) is 0 Å². The third kappa shape index (κ3) is 2.17. The maximum absolute atomic E-state index is 5.86. The number of hydrogen-bond acceptors (Lipinski definition) is 4. The minimum atomic E-state index is 0.114. The highest BCUT2D eigenvalue weighted by molar-refractivity contribution is 4.86. The fourth-order valence-electron chi connectivity index (χ4n) is 1.73. The van der Waals surface area contributed by atoms with Gasteiger partial charge in [-0.25, -0.2) is 0 Å². The minimum Gasteiger partial charge on any atom is -0.326 e. The Bertz CT molecular complexity index is 119. The lowest BCUT2D eigenvalue weighted by atomic mass is 10.1. The maximum Gasteiger partial charge on any atom is 0.0547 e. The highest BCUT2D eigenvalue weighted by Gasteiger charge is 2.26. The first kappa shape index (κ1) is 9.92. The lowest BCUT2D eigenvalue weighted by molar-refractivity contribution is 0.103. The summed E-state index contributed by atoms with van der Waals surface area (Å²) in [7, 11) is 0. The quantitative estimate of drug-likeness (QED) is 0.495. The van der Waals surface area contributed by atoms with Gasteiger partial charge in [0.2, 0.25) is 0 Å². The van der Waals surface area contributed by atoms with Crippen molar-refractivity contribution in [3.05, 3.63) is 0 Å². The molecule has 0 spiro atoms. The predicted molar refractivity (Wildman–Crippen MR) is 50.7 cm³/mol. The Hall–Kier alpha value is -0.160. The zero-order chi connectivity index (χ0) is 9.14. The van der Waals surface area contributed by atoms with Crippen molar-refractivity contribution >= 4 is 0 Å². The number of nitrogens with one attached hydrogen (secondary N) is 1. The van der Waals surface area contributed by atoms with E-state index < -0.39 is 0 Å². The molecule has 1 heterocycles. The Morgan fingerprint density at radius 1 is 1.42 bits per heavy atom. The molecule has 0 bridgehead atoms. The first-order chi connectivity index (χ1) is 5.63. The van der Waals surface area contributed by atoms with E-state index >= 15 is 0 Å². The normalized spacial score (nSPS) is 31.5. The molecule has 0 saturated carbocycles. The molecule has 5 N–H and O–H groups in total. The zero-order valence-electron chi connectivity index (χ0n) is 7.96. The molecule has 3 unspecified atom stereocenters. The molecule has 0 aromatic rings. The fourth-order valence-corrected chi connectivity index (χ4v) is 1.73. The SMILES string of the molecule is CC(N)C1CNCCN1C(C)N. The van der Waals surface area contributed by atoms with Crippen molar-refractivity contribution < 1.29 is 0 Å². The lowest BCUT2D eigenvalue weighted by Gasteiger charge is -2.40. The van der Waals surface area contributed by atoms with Gasteiger partial charge in [-0.2, -0.15) is 0 Å². The second kappa shape index (κ2) is 4.18. The third-order valence-corrected chi connectivity index (χ3v) is 2.46. The van der Waals surface area contributed by atoms with Crippen LogP contribution in [0.15, 0.2) is 0 Å². The van der Waals surface area contributed by atoms with E-state index in [9.17, 15) is 0 Å². The summed E-state index contributed by atoms with van der Waals surface area (Å²) < 4.78 is 0. The van der Waals surface area contributed by atoms with Gasteiger partial charge in [-0.3, -0.25) is 4.90 Å². The van der Waals surface area contributed by atoms with E-state index in [-0.39, 0.29) is 12.2 Å². The zero-order valence-corrected chi connectivity index (χ0v) is 7.96. The molecular weight excluding hydrogens is 152 g/mol. The van der Waals surface area contributed by atoms with Gasteiger partial charge in [0.1, 0.15) is 0 Å². The number of nitrogens with two attached hydrogens (primary N) is 2. The summed E-state index contributed by atoms with van der Waals surface area (Å²) in [6.07, 6.45) is 0.114. The summed E-state index contributed by atoms with van der Waals surface area (Å²) in [6, 6.07) is 0.572. The summed E-state index contributed by atoms with van der Waals surface area (Å²) in [5.74, 6) is 0. The minimum absolute atomic E-state index is 0.114. The predicted octanol–water partition coefficient (Wildman–Crippen LogP) is -1.09. The Labute approximate surface area is 74.3 Å². The molecule has 0 aromatic heterocycles. The molecular formula is C8H20N4. The van der Waals surface area contributed by atoms with Gasteiger partial charge in [-0.1, -0.05) is 0 Å². The Morgan fingerprint density at radius 2 is 2.08 bits per heavy atom. The lowest BCUT2D eigenvalue weighted by Crippen LogP contribution is -2.62. The fraction of sp³-hybridized carbons (Fsp3) is 1.00. The van der Waals surface area contributed by atoms with Crippen LogP contribution in [-0.4, -0.2) is 42.8 Å². The van der Waals surface area contributed by atoms with E-state index in [0.29, 0.717) is 6.04 Å². The largest absolute Gasteiger partial charge is 0.326 e. The van der Waals surface area contributed by atoms with E-state index in [2.05, 4.69) is 10.2 Å². The van der Waals surface area contributed by atoms with Crippen LogP contribution in [0.5, 0.6) is 0 Å². The van der Waals surface area contributed by atoms with Crippen molar-refractivity contribution in [2.24, 2.45) is 11.5 Å². The van der Waals surface area contributed by atoms with Gasteiger partial charge in [-0.15, -0.1) is 0 Å². The van der Waals surface area contributed by atoms with E-state index in [0.717, 1.165) is 19.6 Å². The average Bonchev–Trinajstić information content (AvgIpc) is 2.04. The first-order valence-electron chi connectivity index (χ1n) is 4.60. The van der Waals surface area contributed by atoms with Crippen LogP contribution in [-0.2, 0) is 0 Å². The van der Waals surface area contributed by atoms with Crippen LogP contribution in [0.2, 0.25) is 0 Å². The summed E-state index contributed by atoms with van der Waals surface area (Å²) in [5, 5.41) is 3.32. The molecule has 1 rings (SSSR count). The molecule has 3 atom stereocenters. The molecule has 4 heteroatoms. The molecule has 0 aromatic carbocycles. The van der Waals surface area contributed by atoms with Crippen molar-refractivity contribution in [1.29, 1.82) is 0 Å². The summed E-state index contributed by atoms with van der Waals surface area (Å²) in [6.45, 7) is 7.03. The van der Waals surface area contributed by atoms with E-state index in [1.165, 1.54) is 0 Å². The maximum atomic E-state index is 5.86. The topological polar surface area (TPSA) is 67.3 Å². The molecule has 0 radical (unpaired) electrons. The number of piperazine rings is 1. The van der Waals surface area contributed by atoms with Crippen molar-refractivity contribution in [2.75, 3.05) is 19.6 Å². The summed E-state index contributed by atoms with van der Waals surface area (Å²) in [4.78, 5) is 2.27. The second-order valence-electron chi connectivity index (χ2n) is 3.61. The molecule has 0 aliphatic carbocycles. The summed E-state index contributed by atoms with van der Waals surface area (Å²) >= 11 is 0. The van der Waals surface area contributed by atoms with E-state index in [4.69, 9.17) is 11.5 Å². The molecule has 1 aliphatic rings. The second-order valence-corrected chi connectivity index (χ2v) is 3.61. The molecule has 72 valence electrons. The van der Waals surface area contributed by atoms with Crippen LogP contribution in [0.4, 0.5) is 0 Å². The first-order valence-corrected chi connectivity index (χ1v) is 4.60. The van der Waals surface area contributed by atoms with Crippen LogP contribution in [0.3, 0.4) is 0 Å². The number of hydrogen-bond donors (Lipinski definition) is 3. The van der Waals surface area contributed by atoms with Gasteiger partial charge in [0.05, 0.1) is 6.17 Å². The standard InChI is InChI=1S/C8H20N4/c1-6(9)8-5-11-3-4-12(8)7(2)10/h6-8,11H,3-5,9-10H2,1-2H3. The van der Waals surface area contributed by atoms with Gasteiger partial charge in [-0.05, 0) is 13.8 Å². The van der Waals surface area contributed by atoms with Gasteiger partial charge in [0.15, 0.2) is 0 Å². The van der Waals surface area contributed by atoms with Crippen molar-refractivity contribution in [3.63, 3.8) is 0 Å². The average molecular weight is 172 g/mol. The van der Waals surface area contributed by atoms with Crippen LogP contribution in [0, 0.1) is 0 Å². The van der Waals surface area contributed by atoms with Crippen LogP contribution in [0.25, 0.3) is 0 Å². The van der Waals surface area contributed by atoms with Crippen LogP contribution >= 0.6 is 0 Å². The molecule has 1 saturated heterocycles. The molecule has 12 heavy (non-hydrogen) atoms. The van der Waals surface area contributed by atoms with Crippen molar-refractivity contribution in [2.45, 2.75) is 32.1 Å². The molecule has 0 amide bonds. The number of nitrogens with zero attached hydrogens (tertiary/aromatic N) is 1. The van der Waals surface area contributed by atoms with Crippen molar-refractivity contribution in [1.82, 2.24) is 10.2 Å². The van der Waals surface area contributed by atoms with E-state index in [1.807, 2.05) is 13.8 Å². The van der Waals surface area contributed by atoms with Gasteiger partial charge < -0.3 is 16.8 Å². The van der Waals surface area contributed by atoms with Crippen LogP contribution < -0.4 is 16.8 Å². The highest BCUT2D eigenvalue weighted by Crippen LogP contribution is 2.07. The Kier molecular flexibility index (Phi) is 3.46. The number of rotatable bonds is 2. The third-order valence-electron chi connectivity index (χ3n) is 2.46. The monoisotopic (exact) mass is 172 g/mol. The van der Waals surface area contributed by atoms with Crippen LogP contribution in [0.1, 0.15) is 13.8 Å². The molecule has 1 aliphatic heterocycles. The highest BCUT2D eigenvalue weighted by atomic mass is 15.3. The molecule has 4 nitrogen and oxygen atoms in total. The Morgan fingerprint density at radius 3 is 2.50 bits per heavy atom. The van der Waals surface area contributed by atoms with Gasteiger partial charge >= 0.3 is 0 Å². The summed E-state index contributed by atoms with van der Waals surface area (Å²) in [5.41, 5.74) is 11.7. The van der Waals surface area contributed by atoms with E-state index in [1.54, 1.807) is 0 Å². The van der Waals surface area contributed by atoms with Gasteiger partial charge in [0.25, 0.3) is 0 Å². The van der Waals surface area contributed by atoms with Gasteiger partial charge in [0, 0.05) is 31.7 Å².